The molecule has 0 radical (unpaired) electrons. The summed E-state index contributed by atoms with van der Waals surface area (Å²) in [6.45, 7) is 5.89. The lowest BCUT2D eigenvalue weighted by molar-refractivity contribution is -0.186. The molecule has 44 heavy (non-hydrogen) atoms. The number of quaternary nitrogens is 1. The number of carbonyl (C=O) groups is 2. The highest BCUT2D eigenvalue weighted by Gasteiger charge is 2.37. The summed E-state index contributed by atoms with van der Waals surface area (Å²) in [4.78, 5) is 37.7. The van der Waals surface area contributed by atoms with Gasteiger partial charge in [0, 0.05) is 29.4 Å². The first-order valence-electron chi connectivity index (χ1n) is 14.1. The highest BCUT2D eigenvalue weighted by atomic mass is 35.5. The van der Waals surface area contributed by atoms with Gasteiger partial charge in [0.1, 0.15) is 17.7 Å². The fourth-order valence-electron chi connectivity index (χ4n) is 5.61. The van der Waals surface area contributed by atoms with E-state index in [0.29, 0.717) is 45.0 Å². The summed E-state index contributed by atoms with van der Waals surface area (Å²) in [6, 6.07) is 6.66. The zero-order valence-electron chi connectivity index (χ0n) is 24.5. The molecule has 1 aliphatic heterocycles. The van der Waals surface area contributed by atoms with E-state index in [2.05, 4.69) is 20.4 Å². The molecule has 1 unspecified atom stereocenters. The number of nitrogens with one attached hydrogen (secondary N) is 1. The van der Waals surface area contributed by atoms with Gasteiger partial charge in [-0.1, -0.05) is 29.3 Å². The fraction of sp³-hybridized carbons (Fsp3) is 0.448. The van der Waals surface area contributed by atoms with Crippen molar-refractivity contribution in [3.63, 3.8) is 0 Å². The minimum Gasteiger partial charge on any atom is -0.444 e. The Bertz CT molecular complexity index is 1680. The van der Waals surface area contributed by atoms with Gasteiger partial charge in [0.15, 0.2) is 0 Å². The monoisotopic (exact) mass is 682 g/mol. The van der Waals surface area contributed by atoms with E-state index in [4.69, 9.17) is 32.1 Å². The van der Waals surface area contributed by atoms with Crippen LogP contribution in [-0.2, 0) is 25.6 Å². The lowest BCUT2D eigenvalue weighted by atomic mass is 9.89. The molecular weight excluding hydrogens is 649 g/mol. The van der Waals surface area contributed by atoms with Crippen LogP contribution in [0.1, 0.15) is 78.0 Å². The van der Waals surface area contributed by atoms with Crippen LogP contribution in [0.5, 0.6) is 0 Å². The molecule has 2 aliphatic rings. The van der Waals surface area contributed by atoms with Crippen molar-refractivity contribution in [3.05, 3.63) is 73.3 Å². The third-order valence-corrected chi connectivity index (χ3v) is 9.64. The number of anilines is 1. The molecule has 11 nitrogen and oxygen atoms in total. The lowest BCUT2D eigenvalue weighted by Crippen LogP contribution is -2.57. The molecule has 5 rings (SSSR count). The Hall–Kier alpha value is -2.81. The van der Waals surface area contributed by atoms with Crippen LogP contribution in [0.2, 0.25) is 9.36 Å². The zero-order chi connectivity index (χ0) is 31.8. The van der Waals surface area contributed by atoms with Crippen molar-refractivity contribution in [3.8, 4) is 0 Å². The Labute approximate surface area is 270 Å². The molecule has 1 aromatic carbocycles. The average Bonchev–Trinajstić information content (AvgIpc) is 3.56. The maximum Gasteiger partial charge on any atom is 0.430 e. The van der Waals surface area contributed by atoms with Crippen molar-refractivity contribution in [1.82, 2.24) is 14.9 Å². The average molecular weight is 684 g/mol. The Morgan fingerprint density at radius 1 is 1.18 bits per heavy atom. The summed E-state index contributed by atoms with van der Waals surface area (Å²) >= 11 is 14.3. The highest BCUT2D eigenvalue weighted by molar-refractivity contribution is 7.79. The normalized spacial score (nSPS) is 20.3. The number of ketones is 1. The summed E-state index contributed by atoms with van der Waals surface area (Å²) in [5, 5.41) is 6.85. The molecule has 3 aromatic rings. The van der Waals surface area contributed by atoms with Gasteiger partial charge in [0.2, 0.25) is 5.78 Å². The van der Waals surface area contributed by atoms with Gasteiger partial charge in [-0.2, -0.15) is 0 Å². The first-order valence-corrected chi connectivity index (χ1v) is 17.2. The smallest absolute Gasteiger partial charge is 0.430 e. The van der Waals surface area contributed by atoms with E-state index in [1.54, 1.807) is 11.0 Å². The second-order valence-electron chi connectivity index (χ2n) is 12.0. The SMILES string of the molecule is CC(C)(C)OC(=O)N1CCc2ccc(Cl)cc2C1c1cc(C(=O)c2cncnc2N[C@H]2CC[C@@H](COS([NH3+])(=O)=O)C2)sc1Cl. The number of hydrogen-bond donors (Lipinski definition) is 2. The number of hydrogen-bond acceptors (Lipinski definition) is 10. The molecule has 1 fully saturated rings. The van der Waals surface area contributed by atoms with Crippen molar-refractivity contribution >= 4 is 62.5 Å². The van der Waals surface area contributed by atoms with Crippen molar-refractivity contribution < 1.29 is 32.1 Å². The van der Waals surface area contributed by atoms with E-state index in [1.807, 2.05) is 39.0 Å². The molecule has 0 spiro atoms. The van der Waals surface area contributed by atoms with Crippen LogP contribution >= 0.6 is 34.5 Å². The Morgan fingerprint density at radius 3 is 2.68 bits per heavy atom. The van der Waals surface area contributed by atoms with Crippen molar-refractivity contribution in [2.75, 3.05) is 18.5 Å². The van der Waals surface area contributed by atoms with Crippen LogP contribution in [0.4, 0.5) is 10.6 Å². The van der Waals surface area contributed by atoms with Gasteiger partial charge in [-0.3, -0.25) is 9.69 Å². The number of nitrogens with zero attached hydrogens (tertiary/aromatic N) is 3. The minimum absolute atomic E-state index is 0.0310. The number of rotatable bonds is 8. The van der Waals surface area contributed by atoms with E-state index >= 15 is 0 Å². The third-order valence-electron chi connectivity index (χ3n) is 7.52. The number of fused-ring (bicyclic) bond motifs is 1. The molecule has 0 saturated heterocycles. The summed E-state index contributed by atoms with van der Waals surface area (Å²) in [6.07, 6.45) is 5.10. The van der Waals surface area contributed by atoms with Gasteiger partial charge in [0.05, 0.1) is 27.4 Å². The van der Waals surface area contributed by atoms with Gasteiger partial charge >= 0.3 is 16.4 Å². The number of thiophene rings is 1. The Kier molecular flexibility index (Phi) is 9.55. The topological polar surface area (TPSA) is 155 Å². The van der Waals surface area contributed by atoms with Crippen LogP contribution in [0.15, 0.2) is 36.8 Å². The van der Waals surface area contributed by atoms with Crippen LogP contribution in [-0.4, -0.2) is 60.0 Å². The van der Waals surface area contributed by atoms with E-state index in [0.717, 1.165) is 35.3 Å². The molecule has 2 aromatic heterocycles. The Morgan fingerprint density at radius 2 is 1.95 bits per heavy atom. The standard InChI is InChI=1S/C29H33Cl2N5O6S2/c1-29(2,3)42-28(38)36-9-8-17-5-6-18(30)11-20(17)24(36)21-12-23(43-26(21)31)25(37)22-13-33-15-34-27(22)35-19-7-4-16(10-19)14-41-44(32,39)40/h5-6,11-13,15-16,19,24H,4,7-10,14H2,1-3H3,(H2,32,39,40)(H,33,34,35)/p+1/t16-,19+,24?/m1/s1. The summed E-state index contributed by atoms with van der Waals surface area (Å²) in [7, 11) is -3.76. The van der Waals surface area contributed by atoms with Crippen LogP contribution < -0.4 is 10.5 Å². The fourth-order valence-corrected chi connectivity index (χ4v) is 7.47. The second-order valence-corrected chi connectivity index (χ2v) is 15.4. The van der Waals surface area contributed by atoms with Gasteiger partial charge in [-0.25, -0.2) is 24.1 Å². The van der Waals surface area contributed by atoms with Crippen LogP contribution in [0, 0.1) is 5.92 Å². The molecule has 1 aliphatic carbocycles. The molecule has 1 saturated carbocycles. The number of benzene rings is 1. The molecule has 1 amide bonds. The van der Waals surface area contributed by atoms with Crippen molar-refractivity contribution in [1.29, 1.82) is 0 Å². The molecule has 4 N–H and O–H groups in total. The van der Waals surface area contributed by atoms with E-state index in [1.165, 1.54) is 12.5 Å². The predicted octanol–water partition coefficient (Wildman–Crippen LogP) is 5.04. The van der Waals surface area contributed by atoms with Gasteiger partial charge in [-0.15, -0.1) is 19.8 Å². The van der Waals surface area contributed by atoms with E-state index in [9.17, 15) is 18.0 Å². The second kappa shape index (κ2) is 12.9. The quantitative estimate of drug-likeness (QED) is 0.311. The molecule has 236 valence electrons. The van der Waals surface area contributed by atoms with Gasteiger partial charge < -0.3 is 10.1 Å². The largest absolute Gasteiger partial charge is 0.444 e. The van der Waals surface area contributed by atoms with Crippen molar-refractivity contribution in [2.24, 2.45) is 5.92 Å². The summed E-state index contributed by atoms with van der Waals surface area (Å²) in [5.41, 5.74) is 2.02. The Balaban J connectivity index is 1.42. The lowest BCUT2D eigenvalue weighted by Gasteiger charge is -2.38. The maximum absolute atomic E-state index is 13.9. The molecule has 15 heteroatoms. The van der Waals surface area contributed by atoms with Crippen molar-refractivity contribution in [2.45, 2.75) is 64.1 Å². The minimum atomic E-state index is -3.76. The first kappa shape index (κ1) is 32.6. The molecule has 3 heterocycles. The third kappa shape index (κ3) is 7.69. The number of carbonyl (C=O) groups excluding carboxylic acids is 2. The predicted molar refractivity (Wildman–Crippen MR) is 167 cm³/mol. The number of amides is 1. The zero-order valence-corrected chi connectivity index (χ0v) is 27.7. The first-order chi connectivity index (χ1) is 20.7. The van der Waals surface area contributed by atoms with E-state index in [-0.39, 0.29) is 29.9 Å². The van der Waals surface area contributed by atoms with Crippen LogP contribution in [0.3, 0.4) is 0 Å². The van der Waals surface area contributed by atoms with E-state index < -0.39 is 28.0 Å². The molecule has 0 bridgehead atoms. The number of ether oxygens (including phenoxy) is 1. The van der Waals surface area contributed by atoms with Gasteiger partial charge in [0.25, 0.3) is 0 Å². The van der Waals surface area contributed by atoms with Crippen LogP contribution in [0.25, 0.3) is 0 Å². The summed E-state index contributed by atoms with van der Waals surface area (Å²) in [5.74, 6) is 0.0827. The highest BCUT2D eigenvalue weighted by Crippen LogP contribution is 2.43. The number of aromatic nitrogens is 2. The summed E-state index contributed by atoms with van der Waals surface area (Å²) < 4.78 is 33.5. The number of halogens is 2. The molecular formula is C29H34Cl2N5O6S2+. The maximum atomic E-state index is 13.9. The van der Waals surface area contributed by atoms with Gasteiger partial charge in [-0.05, 0) is 81.7 Å². The molecule has 3 atom stereocenters.